The molecule has 2 N–H and O–H groups in total. The maximum Gasteiger partial charge on any atom is 0.216 e. The second-order valence-electron chi connectivity index (χ2n) is 5.31. The number of aliphatic hydroxyl groups excluding tert-OH is 1. The Balaban J connectivity index is 1.80. The molecule has 0 bridgehead atoms. The largest absolute Gasteiger partial charge is 0.391 e. The zero-order chi connectivity index (χ0) is 14.9. The molecule has 0 amide bonds. The van der Waals surface area contributed by atoms with Crippen LogP contribution in [0, 0.1) is 0 Å². The van der Waals surface area contributed by atoms with Crippen molar-refractivity contribution in [2.24, 2.45) is 0 Å². The molecule has 3 rings (SSSR count). The van der Waals surface area contributed by atoms with E-state index in [4.69, 9.17) is 0 Å². The molecule has 2 unspecified atom stereocenters. The molecular formula is C16H17NO3S. The second-order valence-corrected chi connectivity index (χ2v) is 7.06. The molecule has 0 aliphatic heterocycles. The number of rotatable bonds is 4. The van der Waals surface area contributed by atoms with Gasteiger partial charge in [-0.05, 0) is 16.7 Å². The van der Waals surface area contributed by atoms with Crippen LogP contribution in [-0.2, 0) is 22.2 Å². The number of sulfonamides is 1. The molecule has 2 atom stereocenters. The summed E-state index contributed by atoms with van der Waals surface area (Å²) in [6, 6.07) is 16.0. The Morgan fingerprint density at radius 2 is 1.71 bits per heavy atom. The van der Waals surface area contributed by atoms with E-state index in [0.717, 1.165) is 16.7 Å². The molecule has 0 saturated heterocycles. The molecule has 1 aliphatic carbocycles. The molecule has 0 radical (unpaired) electrons. The summed E-state index contributed by atoms with van der Waals surface area (Å²) in [5, 5.41) is 10.1. The van der Waals surface area contributed by atoms with Crippen LogP contribution in [0.5, 0.6) is 0 Å². The fraction of sp³-hybridized carbons (Fsp3) is 0.250. The van der Waals surface area contributed by atoms with Gasteiger partial charge in [-0.15, -0.1) is 0 Å². The Labute approximate surface area is 124 Å². The lowest BCUT2D eigenvalue weighted by Crippen LogP contribution is -2.34. The lowest BCUT2D eigenvalue weighted by molar-refractivity contribution is 0.151. The van der Waals surface area contributed by atoms with Gasteiger partial charge >= 0.3 is 0 Å². The van der Waals surface area contributed by atoms with Crippen LogP contribution >= 0.6 is 0 Å². The van der Waals surface area contributed by atoms with Crippen LogP contribution in [0.25, 0.3) is 0 Å². The smallest absolute Gasteiger partial charge is 0.216 e. The fourth-order valence-electron chi connectivity index (χ4n) is 2.74. The normalized spacial score (nSPS) is 21.2. The SMILES string of the molecule is O=S(=O)(Cc1ccccc1)NC1c2ccccc2CC1O. The predicted octanol–water partition coefficient (Wildman–Crippen LogP) is 1.76. The van der Waals surface area contributed by atoms with E-state index in [1.165, 1.54) is 0 Å². The summed E-state index contributed by atoms with van der Waals surface area (Å²) in [7, 11) is -3.50. The zero-order valence-corrected chi connectivity index (χ0v) is 12.3. The Kier molecular flexibility index (Phi) is 3.80. The standard InChI is InChI=1S/C16H17NO3S/c18-15-10-13-8-4-5-9-14(13)16(15)17-21(19,20)11-12-6-2-1-3-7-12/h1-9,15-18H,10-11H2. The van der Waals surface area contributed by atoms with Gasteiger partial charge in [-0.25, -0.2) is 13.1 Å². The molecule has 0 heterocycles. The van der Waals surface area contributed by atoms with Crippen LogP contribution in [0.3, 0.4) is 0 Å². The molecule has 1 aliphatic rings. The molecule has 110 valence electrons. The highest BCUT2D eigenvalue weighted by Crippen LogP contribution is 2.31. The molecule has 21 heavy (non-hydrogen) atoms. The third kappa shape index (κ3) is 3.15. The topological polar surface area (TPSA) is 66.4 Å². The number of aliphatic hydroxyl groups is 1. The highest BCUT2D eigenvalue weighted by Gasteiger charge is 2.33. The molecule has 0 fully saturated rings. The van der Waals surface area contributed by atoms with E-state index in [1.54, 1.807) is 12.1 Å². The maximum absolute atomic E-state index is 12.3. The van der Waals surface area contributed by atoms with Crippen molar-refractivity contribution in [2.75, 3.05) is 0 Å². The molecule has 2 aromatic carbocycles. The summed E-state index contributed by atoms with van der Waals surface area (Å²) < 4.78 is 27.2. The van der Waals surface area contributed by atoms with Crippen LogP contribution in [0.15, 0.2) is 54.6 Å². The van der Waals surface area contributed by atoms with Gasteiger partial charge < -0.3 is 5.11 Å². The Bertz CT molecular complexity index is 728. The van der Waals surface area contributed by atoms with Gasteiger partial charge in [-0.1, -0.05) is 54.6 Å². The van der Waals surface area contributed by atoms with Crippen LogP contribution in [0.4, 0.5) is 0 Å². The molecule has 2 aromatic rings. The van der Waals surface area contributed by atoms with E-state index in [1.807, 2.05) is 42.5 Å². The second kappa shape index (κ2) is 5.60. The van der Waals surface area contributed by atoms with Crippen molar-refractivity contribution in [2.45, 2.75) is 24.3 Å². The van der Waals surface area contributed by atoms with Crippen molar-refractivity contribution in [1.29, 1.82) is 0 Å². The van der Waals surface area contributed by atoms with E-state index in [9.17, 15) is 13.5 Å². The van der Waals surface area contributed by atoms with Gasteiger partial charge in [0.25, 0.3) is 0 Å². The van der Waals surface area contributed by atoms with Crippen LogP contribution in [0.2, 0.25) is 0 Å². The number of hydrogen-bond donors (Lipinski definition) is 2. The first-order chi connectivity index (χ1) is 10.1. The van der Waals surface area contributed by atoms with Gasteiger partial charge in [0.15, 0.2) is 0 Å². The molecule has 0 spiro atoms. The van der Waals surface area contributed by atoms with Crippen molar-refractivity contribution in [3.8, 4) is 0 Å². The number of hydrogen-bond acceptors (Lipinski definition) is 3. The van der Waals surface area contributed by atoms with Crippen molar-refractivity contribution < 1.29 is 13.5 Å². The van der Waals surface area contributed by atoms with Gasteiger partial charge in [0.05, 0.1) is 17.9 Å². The Morgan fingerprint density at radius 3 is 2.48 bits per heavy atom. The molecule has 4 nitrogen and oxygen atoms in total. The quantitative estimate of drug-likeness (QED) is 0.904. The van der Waals surface area contributed by atoms with Crippen molar-refractivity contribution in [1.82, 2.24) is 4.72 Å². The summed E-state index contributed by atoms with van der Waals surface area (Å²) in [5.41, 5.74) is 2.59. The minimum atomic E-state index is -3.50. The van der Waals surface area contributed by atoms with Gasteiger partial charge in [0.1, 0.15) is 0 Å². The monoisotopic (exact) mass is 303 g/mol. The summed E-state index contributed by atoms with van der Waals surface area (Å²) in [5.74, 6) is -0.0841. The molecule has 0 saturated carbocycles. The zero-order valence-electron chi connectivity index (χ0n) is 11.4. The van der Waals surface area contributed by atoms with Crippen LogP contribution in [0.1, 0.15) is 22.7 Å². The van der Waals surface area contributed by atoms with Crippen molar-refractivity contribution in [3.63, 3.8) is 0 Å². The Hall–Kier alpha value is -1.69. The van der Waals surface area contributed by atoms with Crippen molar-refractivity contribution >= 4 is 10.0 Å². The summed E-state index contributed by atoms with van der Waals surface area (Å²) in [6.07, 6.45) is -0.234. The van der Waals surface area contributed by atoms with E-state index in [0.29, 0.717) is 6.42 Å². The van der Waals surface area contributed by atoms with E-state index in [2.05, 4.69) is 4.72 Å². The first kappa shape index (κ1) is 14.3. The third-order valence-corrected chi connectivity index (χ3v) is 5.04. The third-order valence-electron chi connectivity index (χ3n) is 3.71. The average Bonchev–Trinajstić information content (AvgIpc) is 2.75. The van der Waals surface area contributed by atoms with E-state index < -0.39 is 22.2 Å². The van der Waals surface area contributed by atoms with E-state index in [-0.39, 0.29) is 5.75 Å². The lowest BCUT2D eigenvalue weighted by atomic mass is 10.1. The molecule has 5 heteroatoms. The average molecular weight is 303 g/mol. The first-order valence-corrected chi connectivity index (χ1v) is 8.50. The van der Waals surface area contributed by atoms with Gasteiger partial charge in [-0.3, -0.25) is 0 Å². The molecular weight excluding hydrogens is 286 g/mol. The van der Waals surface area contributed by atoms with Crippen molar-refractivity contribution in [3.05, 3.63) is 71.3 Å². The highest BCUT2D eigenvalue weighted by atomic mass is 32.2. The lowest BCUT2D eigenvalue weighted by Gasteiger charge is -2.18. The highest BCUT2D eigenvalue weighted by molar-refractivity contribution is 7.88. The summed E-state index contributed by atoms with van der Waals surface area (Å²) in [4.78, 5) is 0. The number of nitrogens with one attached hydrogen (secondary N) is 1. The maximum atomic E-state index is 12.3. The summed E-state index contributed by atoms with van der Waals surface area (Å²) in [6.45, 7) is 0. The Morgan fingerprint density at radius 1 is 1.05 bits per heavy atom. The number of benzene rings is 2. The minimum absolute atomic E-state index is 0.0841. The molecule has 0 aromatic heterocycles. The van der Waals surface area contributed by atoms with Gasteiger partial charge in [0, 0.05) is 6.42 Å². The first-order valence-electron chi connectivity index (χ1n) is 6.85. The number of fused-ring (bicyclic) bond motifs is 1. The van der Waals surface area contributed by atoms with Gasteiger partial charge in [-0.2, -0.15) is 0 Å². The van der Waals surface area contributed by atoms with Crippen LogP contribution < -0.4 is 4.72 Å². The van der Waals surface area contributed by atoms with Crippen LogP contribution in [-0.4, -0.2) is 19.6 Å². The predicted molar refractivity (Wildman–Crippen MR) is 81.1 cm³/mol. The fourth-order valence-corrected chi connectivity index (χ4v) is 4.13. The minimum Gasteiger partial charge on any atom is -0.391 e. The van der Waals surface area contributed by atoms with E-state index >= 15 is 0 Å². The van der Waals surface area contributed by atoms with Gasteiger partial charge in [0.2, 0.25) is 10.0 Å². The summed E-state index contributed by atoms with van der Waals surface area (Å²) >= 11 is 0.